The molecule has 446 valence electrons. The summed E-state index contributed by atoms with van der Waals surface area (Å²) in [6.07, 6.45) is 8.29. The lowest BCUT2D eigenvalue weighted by atomic mass is 9.93. The number of aryl methyl sites for hydroxylation is 17. The van der Waals surface area contributed by atoms with Gasteiger partial charge in [-0.05, 0) is 221 Å². The lowest BCUT2D eigenvalue weighted by Crippen LogP contribution is -2.31. The molecular weight excluding hydrogens is 1080 g/mol. The molecule has 0 N–H and O–H groups in total. The second kappa shape index (κ2) is 28.5. The van der Waals surface area contributed by atoms with Gasteiger partial charge in [-0.1, -0.05) is 152 Å². The van der Waals surface area contributed by atoms with E-state index in [2.05, 4.69) is 319 Å². The quantitative estimate of drug-likeness (QED) is 0.135. The summed E-state index contributed by atoms with van der Waals surface area (Å²) < 4.78 is 31.2. The van der Waals surface area contributed by atoms with E-state index in [1.54, 1.807) is 12.3 Å². The number of aromatic nitrogens is 4. The standard InChI is InChI=1S/C22H24N.3C21H22N/c1-15-13-22(23(5)14-18(15)4)21-12-16(2)20(11-17(21)3)19-9-7-6-8-10-19;1-15-13-21(22(4)14-17(15)3)20-11-10-19(12-16(20)2)18-8-6-5-7-9-18;2*1-15-10-11-21(22(4)14-15)20-13-16(2)19(12-17(20)3)18-8-6-5-7-9-18/h6-14H,1-5H3;3*5-14H,1-4H3/q4*+1/i;;1D3;. The van der Waals surface area contributed by atoms with Crippen LogP contribution in [0.5, 0.6) is 0 Å². The fourth-order valence-corrected chi connectivity index (χ4v) is 12.0. The molecular formula is C85H90N4+4. The minimum absolute atomic E-state index is 0.356. The topological polar surface area (TPSA) is 15.5 Å². The van der Waals surface area contributed by atoms with Crippen LogP contribution in [-0.4, -0.2) is 0 Å². The minimum atomic E-state index is -2.08. The van der Waals surface area contributed by atoms with E-state index in [0.717, 1.165) is 11.3 Å². The van der Waals surface area contributed by atoms with Gasteiger partial charge in [-0.15, -0.1) is 0 Å². The van der Waals surface area contributed by atoms with E-state index in [1.807, 2.05) is 35.9 Å². The van der Waals surface area contributed by atoms with E-state index in [1.165, 1.54) is 145 Å². The first-order valence-electron chi connectivity index (χ1n) is 32.4. The van der Waals surface area contributed by atoms with Crippen molar-refractivity contribution in [3.63, 3.8) is 0 Å². The Morgan fingerprint density at radius 2 is 0.517 bits per heavy atom. The number of rotatable bonds is 8. The Balaban J connectivity index is 0.000000145. The lowest BCUT2D eigenvalue weighted by Gasteiger charge is -2.12. The maximum absolute atomic E-state index is 7.56. The molecule has 0 spiro atoms. The van der Waals surface area contributed by atoms with Crippen LogP contribution in [0.3, 0.4) is 0 Å². The van der Waals surface area contributed by atoms with E-state index in [0.29, 0.717) is 5.56 Å². The van der Waals surface area contributed by atoms with Gasteiger partial charge in [0.25, 0.3) is 0 Å². The monoisotopic (exact) mass is 1170 g/mol. The van der Waals surface area contributed by atoms with Crippen LogP contribution in [0.2, 0.25) is 0 Å². The summed E-state index contributed by atoms with van der Waals surface area (Å²) in [7, 11) is 8.25. The van der Waals surface area contributed by atoms with Crippen molar-refractivity contribution in [2.75, 3.05) is 0 Å². The summed E-state index contributed by atoms with van der Waals surface area (Å²) in [5, 5.41) is 0. The largest absolute Gasteiger partial charge is 0.212 e. The molecule has 12 rings (SSSR count). The molecule has 4 nitrogen and oxygen atoms in total. The van der Waals surface area contributed by atoms with Gasteiger partial charge in [-0.25, -0.2) is 18.3 Å². The first-order chi connectivity index (χ1) is 43.9. The minimum Gasteiger partial charge on any atom is -0.201 e. The highest BCUT2D eigenvalue weighted by Crippen LogP contribution is 2.35. The number of benzene rings is 8. The molecule has 0 amide bonds. The zero-order valence-corrected chi connectivity index (χ0v) is 55.3. The molecule has 0 saturated heterocycles. The Bertz CT molecular complexity index is 4590. The average Bonchev–Trinajstić information content (AvgIpc) is 1.01. The van der Waals surface area contributed by atoms with Crippen LogP contribution < -0.4 is 18.3 Å². The summed E-state index contributed by atoms with van der Waals surface area (Å²) in [6, 6.07) is 75.0. The van der Waals surface area contributed by atoms with Crippen molar-refractivity contribution in [2.45, 2.75) is 89.9 Å². The Kier molecular flexibility index (Phi) is 19.1. The van der Waals surface area contributed by atoms with Crippen molar-refractivity contribution in [3.05, 3.63) is 309 Å². The summed E-state index contributed by atoms with van der Waals surface area (Å²) in [5.74, 6) is 0. The summed E-state index contributed by atoms with van der Waals surface area (Å²) in [6.45, 7) is 23.9. The molecule has 89 heavy (non-hydrogen) atoms. The van der Waals surface area contributed by atoms with E-state index in [9.17, 15) is 0 Å². The maximum atomic E-state index is 7.56. The van der Waals surface area contributed by atoms with E-state index >= 15 is 0 Å². The van der Waals surface area contributed by atoms with Crippen molar-refractivity contribution in [1.29, 1.82) is 0 Å². The molecule has 0 aliphatic rings. The van der Waals surface area contributed by atoms with Crippen LogP contribution in [0.1, 0.15) is 76.4 Å². The molecule has 4 aromatic heterocycles. The van der Waals surface area contributed by atoms with Crippen molar-refractivity contribution in [2.24, 2.45) is 28.2 Å². The van der Waals surface area contributed by atoms with Gasteiger partial charge in [0.15, 0.2) is 24.8 Å². The van der Waals surface area contributed by atoms with Crippen LogP contribution in [0.15, 0.2) is 237 Å². The van der Waals surface area contributed by atoms with E-state index in [-0.39, 0.29) is 0 Å². The molecule has 4 heteroatoms. The predicted molar refractivity (Wildman–Crippen MR) is 376 cm³/mol. The van der Waals surface area contributed by atoms with Gasteiger partial charge < -0.3 is 0 Å². The molecule has 0 saturated carbocycles. The van der Waals surface area contributed by atoms with Gasteiger partial charge in [-0.2, -0.15) is 0 Å². The van der Waals surface area contributed by atoms with Crippen LogP contribution in [0.4, 0.5) is 0 Å². The Hall–Kier alpha value is -9.64. The zero-order chi connectivity index (χ0) is 66.1. The van der Waals surface area contributed by atoms with Crippen LogP contribution >= 0.6 is 0 Å². The maximum Gasteiger partial charge on any atom is 0.212 e. The lowest BCUT2D eigenvalue weighted by molar-refractivity contribution is -0.660. The smallest absolute Gasteiger partial charge is 0.201 e. The predicted octanol–water partition coefficient (Wildman–Crippen LogP) is 19.4. The van der Waals surface area contributed by atoms with Gasteiger partial charge >= 0.3 is 0 Å². The average molecular weight is 1170 g/mol. The highest BCUT2D eigenvalue weighted by atomic mass is 14.9. The summed E-state index contributed by atoms with van der Waals surface area (Å²) >= 11 is 0. The molecule has 0 radical (unpaired) electrons. The van der Waals surface area contributed by atoms with Crippen molar-refractivity contribution in [3.8, 4) is 89.5 Å². The fraction of sp³-hybridized carbons (Fsp3) is 0.200. The van der Waals surface area contributed by atoms with Gasteiger partial charge in [0.05, 0.1) is 0 Å². The van der Waals surface area contributed by atoms with Crippen molar-refractivity contribution >= 4 is 0 Å². The van der Waals surface area contributed by atoms with Gasteiger partial charge in [0.1, 0.15) is 28.2 Å². The SMILES string of the molecule is Cc1cc(-c2cc(C)c(-c3ccccc3)cc2C)[n+](C)cc1C.Cc1cc(-c2ccc(-c3ccccc3)cc2C)[n+](C)cc1C.Cc1ccc(-c2cc(C)c(-c3ccccc3)cc2C)[n+](C)c1.[2H]C([2H])([2H])c1ccc(-c2cc(C)c(-c3ccccc3)cc2C)[n+](C)c1. The molecule has 0 aliphatic carbocycles. The third kappa shape index (κ3) is 15.2. The first-order valence-corrected chi connectivity index (χ1v) is 30.9. The van der Waals surface area contributed by atoms with Crippen LogP contribution in [0, 0.1) is 89.9 Å². The number of nitrogens with zero attached hydrogens (tertiary/aromatic N) is 4. The fourth-order valence-electron chi connectivity index (χ4n) is 12.0. The molecule has 12 aromatic rings. The second-order valence-electron chi connectivity index (χ2n) is 24.3. The van der Waals surface area contributed by atoms with E-state index in [4.69, 9.17) is 4.11 Å². The molecule has 0 aliphatic heterocycles. The first kappa shape index (κ1) is 59.7. The normalized spacial score (nSPS) is 11.4. The Morgan fingerprint density at radius 3 is 0.888 bits per heavy atom. The number of pyridine rings is 4. The van der Waals surface area contributed by atoms with Crippen LogP contribution in [0.25, 0.3) is 89.5 Å². The summed E-state index contributed by atoms with van der Waals surface area (Å²) in [5.41, 5.74) is 35.9. The Morgan fingerprint density at radius 1 is 0.213 bits per heavy atom. The third-order valence-corrected chi connectivity index (χ3v) is 17.3. The highest BCUT2D eigenvalue weighted by molar-refractivity contribution is 5.77. The number of hydrogen-bond acceptors (Lipinski definition) is 0. The molecule has 0 bridgehead atoms. The molecule has 4 heterocycles. The molecule has 8 aromatic carbocycles. The molecule has 0 atom stereocenters. The number of hydrogen-bond donors (Lipinski definition) is 0. The van der Waals surface area contributed by atoms with E-state index < -0.39 is 6.85 Å². The summed E-state index contributed by atoms with van der Waals surface area (Å²) in [4.78, 5) is 0. The van der Waals surface area contributed by atoms with Crippen LogP contribution in [-0.2, 0) is 28.2 Å². The van der Waals surface area contributed by atoms with Crippen molar-refractivity contribution < 1.29 is 22.4 Å². The molecule has 0 fully saturated rings. The third-order valence-electron chi connectivity index (χ3n) is 17.3. The molecule has 0 unspecified atom stereocenters. The van der Waals surface area contributed by atoms with Gasteiger partial charge in [-0.3, -0.25) is 0 Å². The second-order valence-corrected chi connectivity index (χ2v) is 24.3. The zero-order valence-electron chi connectivity index (χ0n) is 58.3. The Labute approximate surface area is 536 Å². The van der Waals surface area contributed by atoms with Gasteiger partial charge in [0, 0.05) is 72.9 Å². The highest BCUT2D eigenvalue weighted by Gasteiger charge is 2.20. The van der Waals surface area contributed by atoms with Crippen molar-refractivity contribution in [1.82, 2.24) is 0 Å². The van der Waals surface area contributed by atoms with Gasteiger partial charge in [0.2, 0.25) is 22.8 Å².